The van der Waals surface area contributed by atoms with Crippen LogP contribution in [-0.2, 0) is 9.53 Å². The van der Waals surface area contributed by atoms with Crippen molar-refractivity contribution in [3.05, 3.63) is 0 Å². The molecule has 7 heteroatoms. The Hall–Kier alpha value is -0.820. The Labute approximate surface area is 104 Å². The number of likely N-dealkylation sites (tertiary alicyclic amines) is 1. The molecule has 106 valence electrons. The number of ether oxygens (including phenoxy) is 1. The van der Waals surface area contributed by atoms with Crippen molar-refractivity contribution in [3.63, 3.8) is 0 Å². The lowest BCUT2D eigenvalue weighted by Gasteiger charge is -2.40. The lowest BCUT2D eigenvalue weighted by atomic mass is 9.96. The van der Waals surface area contributed by atoms with E-state index in [2.05, 4.69) is 4.74 Å². The molecule has 0 aromatic heterocycles. The first kappa shape index (κ1) is 15.2. The van der Waals surface area contributed by atoms with Gasteiger partial charge in [0, 0.05) is 18.6 Å². The van der Waals surface area contributed by atoms with Crippen molar-refractivity contribution < 1.29 is 22.7 Å². The van der Waals surface area contributed by atoms with Gasteiger partial charge in [-0.1, -0.05) is 0 Å². The van der Waals surface area contributed by atoms with Gasteiger partial charge >= 0.3 is 6.18 Å². The fourth-order valence-corrected chi connectivity index (χ4v) is 2.30. The van der Waals surface area contributed by atoms with E-state index in [0.717, 1.165) is 19.3 Å². The van der Waals surface area contributed by atoms with Gasteiger partial charge in [-0.15, -0.1) is 0 Å². The molecule has 0 aromatic carbocycles. The van der Waals surface area contributed by atoms with Crippen LogP contribution in [0.5, 0.6) is 0 Å². The molecule has 4 nitrogen and oxygen atoms in total. The maximum absolute atomic E-state index is 11.9. The highest BCUT2D eigenvalue weighted by atomic mass is 19.4. The van der Waals surface area contributed by atoms with E-state index in [0.29, 0.717) is 6.54 Å². The van der Waals surface area contributed by atoms with Crippen LogP contribution in [0, 0.1) is 0 Å². The molecule has 0 bridgehead atoms. The number of hydrogen-bond donors (Lipinski definition) is 1. The molecule has 1 amide bonds. The summed E-state index contributed by atoms with van der Waals surface area (Å²) in [6.45, 7) is 0.271. The second kappa shape index (κ2) is 6.38. The smallest absolute Gasteiger partial charge is 0.362 e. The second-order valence-electron chi connectivity index (χ2n) is 4.58. The average Bonchev–Trinajstić information content (AvgIpc) is 2.26. The van der Waals surface area contributed by atoms with E-state index in [9.17, 15) is 18.0 Å². The highest BCUT2D eigenvalue weighted by Gasteiger charge is 2.32. The Morgan fingerprint density at radius 1 is 1.44 bits per heavy atom. The van der Waals surface area contributed by atoms with Gasteiger partial charge in [0.1, 0.15) is 13.2 Å². The zero-order chi connectivity index (χ0) is 13.8. The normalized spacial score (nSPS) is 25.3. The van der Waals surface area contributed by atoms with Gasteiger partial charge in [-0.05, 0) is 26.2 Å². The molecule has 2 N–H and O–H groups in total. The fraction of sp³-hybridized carbons (Fsp3) is 0.909. The van der Waals surface area contributed by atoms with Crippen LogP contribution in [0.4, 0.5) is 13.2 Å². The highest BCUT2D eigenvalue weighted by Crippen LogP contribution is 2.22. The Balaban J connectivity index is 2.47. The molecule has 1 heterocycles. The van der Waals surface area contributed by atoms with Crippen molar-refractivity contribution in [2.24, 2.45) is 5.73 Å². The molecule has 0 saturated carbocycles. The Morgan fingerprint density at radius 3 is 2.67 bits per heavy atom. The van der Waals surface area contributed by atoms with Gasteiger partial charge in [-0.2, -0.15) is 13.2 Å². The standard InChI is InChI=1S/C11H19F3N2O2/c1-8-3-2-4-9(5-15)16(8)10(17)6-18-7-11(12,13)14/h8-9H,2-7,15H2,1H3. The summed E-state index contributed by atoms with van der Waals surface area (Å²) in [7, 11) is 0. The fourth-order valence-electron chi connectivity index (χ4n) is 2.30. The highest BCUT2D eigenvalue weighted by molar-refractivity contribution is 5.78. The summed E-state index contributed by atoms with van der Waals surface area (Å²) >= 11 is 0. The largest absolute Gasteiger partial charge is 0.411 e. The SMILES string of the molecule is CC1CCCC(CN)N1C(=O)COCC(F)(F)F. The minimum atomic E-state index is -4.40. The monoisotopic (exact) mass is 268 g/mol. The first-order valence-corrected chi connectivity index (χ1v) is 6.01. The zero-order valence-corrected chi connectivity index (χ0v) is 10.4. The molecule has 1 aliphatic heterocycles. The van der Waals surface area contributed by atoms with Gasteiger partial charge in [0.2, 0.25) is 5.91 Å². The van der Waals surface area contributed by atoms with Crippen LogP contribution in [0.1, 0.15) is 26.2 Å². The quantitative estimate of drug-likeness (QED) is 0.836. The number of amides is 1. The van der Waals surface area contributed by atoms with Gasteiger partial charge in [0.25, 0.3) is 0 Å². The van der Waals surface area contributed by atoms with E-state index in [1.165, 1.54) is 0 Å². The average molecular weight is 268 g/mol. The zero-order valence-electron chi connectivity index (χ0n) is 10.4. The van der Waals surface area contributed by atoms with Crippen LogP contribution in [0.3, 0.4) is 0 Å². The van der Waals surface area contributed by atoms with Crippen LogP contribution in [0.25, 0.3) is 0 Å². The summed E-state index contributed by atoms with van der Waals surface area (Å²) in [5, 5.41) is 0. The first-order valence-electron chi connectivity index (χ1n) is 6.01. The third kappa shape index (κ3) is 4.45. The topological polar surface area (TPSA) is 55.6 Å². The number of hydrogen-bond acceptors (Lipinski definition) is 3. The third-order valence-corrected chi connectivity index (χ3v) is 3.08. The van der Waals surface area contributed by atoms with Crippen molar-refractivity contribution in [3.8, 4) is 0 Å². The number of rotatable bonds is 4. The van der Waals surface area contributed by atoms with E-state index in [4.69, 9.17) is 5.73 Å². The van der Waals surface area contributed by atoms with Crippen LogP contribution >= 0.6 is 0 Å². The van der Waals surface area contributed by atoms with Gasteiger partial charge in [-0.25, -0.2) is 0 Å². The van der Waals surface area contributed by atoms with Crippen molar-refractivity contribution >= 4 is 5.91 Å². The third-order valence-electron chi connectivity index (χ3n) is 3.08. The van der Waals surface area contributed by atoms with E-state index < -0.39 is 25.3 Å². The summed E-state index contributed by atoms with van der Waals surface area (Å²) in [4.78, 5) is 13.4. The Bertz CT molecular complexity index is 284. The number of nitrogens with two attached hydrogens (primary N) is 1. The summed E-state index contributed by atoms with van der Waals surface area (Å²) in [6, 6.07) is -0.0787. The molecule has 0 aliphatic carbocycles. The molecule has 1 saturated heterocycles. The van der Waals surface area contributed by atoms with E-state index >= 15 is 0 Å². The number of nitrogens with zero attached hydrogens (tertiary/aromatic N) is 1. The number of piperidine rings is 1. The van der Waals surface area contributed by atoms with Crippen molar-refractivity contribution in [1.82, 2.24) is 4.90 Å². The predicted molar refractivity (Wildman–Crippen MR) is 59.9 cm³/mol. The van der Waals surface area contributed by atoms with E-state index in [1.54, 1.807) is 4.90 Å². The first-order chi connectivity index (χ1) is 8.35. The molecular weight excluding hydrogens is 249 g/mol. The molecule has 1 aliphatic rings. The predicted octanol–water partition coefficient (Wildman–Crippen LogP) is 1.29. The molecule has 2 atom stereocenters. The van der Waals surface area contributed by atoms with Crippen molar-refractivity contribution in [2.45, 2.75) is 44.4 Å². The van der Waals surface area contributed by atoms with Crippen LogP contribution in [0.2, 0.25) is 0 Å². The molecule has 0 radical (unpaired) electrons. The summed E-state index contributed by atoms with van der Waals surface area (Å²) in [6.07, 6.45) is -1.77. The van der Waals surface area contributed by atoms with E-state index in [-0.39, 0.29) is 12.1 Å². The van der Waals surface area contributed by atoms with Crippen LogP contribution < -0.4 is 5.73 Å². The maximum atomic E-state index is 11.9. The molecule has 1 fully saturated rings. The molecule has 1 rings (SSSR count). The number of alkyl halides is 3. The molecule has 0 aromatic rings. The summed E-state index contributed by atoms with van der Waals surface area (Å²) in [5.74, 6) is -0.415. The summed E-state index contributed by atoms with van der Waals surface area (Å²) < 4.78 is 40.1. The molecule has 2 unspecified atom stereocenters. The van der Waals surface area contributed by atoms with Gasteiger partial charge in [-0.3, -0.25) is 4.79 Å². The maximum Gasteiger partial charge on any atom is 0.411 e. The minimum absolute atomic E-state index is 0.00860. The minimum Gasteiger partial charge on any atom is -0.362 e. The van der Waals surface area contributed by atoms with E-state index in [1.807, 2.05) is 6.92 Å². The lowest BCUT2D eigenvalue weighted by Crippen LogP contribution is -2.53. The molecule has 0 spiro atoms. The second-order valence-corrected chi connectivity index (χ2v) is 4.58. The van der Waals surface area contributed by atoms with Gasteiger partial charge in [0.05, 0.1) is 0 Å². The lowest BCUT2D eigenvalue weighted by molar-refractivity contribution is -0.179. The number of carbonyl (C=O) groups is 1. The number of carbonyl (C=O) groups excluding carboxylic acids is 1. The molecular formula is C11H19F3N2O2. The Kier molecular flexibility index (Phi) is 5.40. The van der Waals surface area contributed by atoms with Crippen LogP contribution in [0.15, 0.2) is 0 Å². The molecule has 18 heavy (non-hydrogen) atoms. The Morgan fingerprint density at radius 2 is 2.11 bits per heavy atom. The van der Waals surface area contributed by atoms with Crippen LogP contribution in [-0.4, -0.2) is 48.8 Å². The number of halogens is 3. The summed E-state index contributed by atoms with van der Waals surface area (Å²) in [5.41, 5.74) is 5.58. The van der Waals surface area contributed by atoms with Gasteiger partial charge < -0.3 is 15.4 Å². The van der Waals surface area contributed by atoms with Crippen molar-refractivity contribution in [1.29, 1.82) is 0 Å². The van der Waals surface area contributed by atoms with Crippen molar-refractivity contribution in [2.75, 3.05) is 19.8 Å². The van der Waals surface area contributed by atoms with Gasteiger partial charge in [0.15, 0.2) is 0 Å².